The van der Waals surface area contributed by atoms with Gasteiger partial charge in [0.15, 0.2) is 0 Å². The van der Waals surface area contributed by atoms with E-state index in [-0.39, 0.29) is 5.91 Å². The zero-order chi connectivity index (χ0) is 18.7. The molecule has 0 aliphatic rings. The molecule has 1 amide bonds. The van der Waals surface area contributed by atoms with E-state index >= 15 is 0 Å². The maximum absolute atomic E-state index is 12.6. The number of benzene rings is 2. The maximum atomic E-state index is 12.6. The molecule has 5 nitrogen and oxygen atoms in total. The van der Waals surface area contributed by atoms with Crippen molar-refractivity contribution in [3.8, 4) is 5.75 Å². The van der Waals surface area contributed by atoms with Gasteiger partial charge in [0.2, 0.25) is 0 Å². The maximum Gasteiger partial charge on any atom is 0.258 e. The fourth-order valence-corrected chi connectivity index (χ4v) is 3.26. The van der Waals surface area contributed by atoms with Crippen LogP contribution in [0.15, 0.2) is 53.1 Å². The van der Waals surface area contributed by atoms with Crippen LogP contribution in [0.3, 0.4) is 0 Å². The summed E-state index contributed by atoms with van der Waals surface area (Å²) < 4.78 is 7.50. The van der Waals surface area contributed by atoms with Crippen molar-refractivity contribution in [3.63, 3.8) is 0 Å². The van der Waals surface area contributed by atoms with Crippen molar-refractivity contribution >= 4 is 50.9 Å². The Bertz CT molecular complexity index is 959. The highest BCUT2D eigenvalue weighted by atomic mass is 79.9. The van der Waals surface area contributed by atoms with Crippen molar-refractivity contribution < 1.29 is 9.53 Å². The fraction of sp³-hybridized carbons (Fsp3) is 0.111. The van der Waals surface area contributed by atoms with Crippen LogP contribution in [0.5, 0.6) is 5.75 Å². The van der Waals surface area contributed by atoms with Crippen LogP contribution in [0.25, 0.3) is 0 Å². The Balaban J connectivity index is 1.82. The first-order valence-corrected chi connectivity index (χ1v) is 9.13. The van der Waals surface area contributed by atoms with Crippen molar-refractivity contribution in [2.75, 3.05) is 12.4 Å². The van der Waals surface area contributed by atoms with Gasteiger partial charge >= 0.3 is 0 Å². The molecule has 134 valence electrons. The molecule has 0 spiro atoms. The van der Waals surface area contributed by atoms with Gasteiger partial charge < -0.3 is 10.1 Å². The molecule has 1 aromatic heterocycles. The summed E-state index contributed by atoms with van der Waals surface area (Å²) in [6.45, 7) is 0.401. The number of hydrogen-bond donors (Lipinski definition) is 1. The Labute approximate surface area is 169 Å². The summed E-state index contributed by atoms with van der Waals surface area (Å²) in [4.78, 5) is 12.6. The van der Waals surface area contributed by atoms with E-state index < -0.39 is 0 Å². The summed E-state index contributed by atoms with van der Waals surface area (Å²) in [5.41, 5.74) is 1.31. The second kappa shape index (κ2) is 8.12. The van der Waals surface area contributed by atoms with Crippen LogP contribution in [-0.4, -0.2) is 22.8 Å². The van der Waals surface area contributed by atoms with Crippen LogP contribution in [0.1, 0.15) is 15.9 Å². The number of halogens is 3. The van der Waals surface area contributed by atoms with E-state index in [0.29, 0.717) is 38.2 Å². The van der Waals surface area contributed by atoms with Crippen molar-refractivity contribution in [2.45, 2.75) is 6.54 Å². The van der Waals surface area contributed by atoms with Gasteiger partial charge in [0.05, 0.1) is 25.4 Å². The predicted octanol–water partition coefficient (Wildman–Crippen LogP) is 5.26. The summed E-state index contributed by atoms with van der Waals surface area (Å²) in [5.74, 6) is 0.871. The molecule has 3 aromatic rings. The van der Waals surface area contributed by atoms with E-state index in [1.165, 1.54) is 0 Å². The molecule has 3 rings (SSSR count). The lowest BCUT2D eigenvalue weighted by Crippen LogP contribution is -2.17. The van der Waals surface area contributed by atoms with Gasteiger partial charge in [-0.05, 0) is 51.8 Å². The molecule has 2 aromatic carbocycles. The third-order valence-electron chi connectivity index (χ3n) is 3.71. The molecule has 0 radical (unpaired) electrons. The smallest absolute Gasteiger partial charge is 0.258 e. The Morgan fingerprint density at radius 2 is 2.04 bits per heavy atom. The molecule has 0 unspecified atom stereocenters. The molecular formula is C18H14BrCl2N3O2. The zero-order valence-electron chi connectivity index (χ0n) is 13.7. The number of rotatable bonds is 5. The Morgan fingerprint density at radius 1 is 1.23 bits per heavy atom. The van der Waals surface area contributed by atoms with Gasteiger partial charge in [-0.1, -0.05) is 29.3 Å². The van der Waals surface area contributed by atoms with E-state index in [1.54, 1.807) is 54.4 Å². The van der Waals surface area contributed by atoms with Crippen LogP contribution >= 0.6 is 39.1 Å². The monoisotopic (exact) mass is 453 g/mol. The standard InChI is InChI=1S/C18H14BrCl2N3O2/c1-26-13-4-5-15(19)14(9-13)18(25)23-17-6-7-22-24(17)10-11-2-3-12(20)8-16(11)21/h2-9H,10H2,1H3,(H,23,25). The van der Waals surface area contributed by atoms with Crippen molar-refractivity contribution in [3.05, 3.63) is 74.3 Å². The molecule has 1 N–H and O–H groups in total. The average molecular weight is 455 g/mol. The Hall–Kier alpha value is -2.02. The van der Waals surface area contributed by atoms with Crippen LogP contribution in [0.4, 0.5) is 5.82 Å². The predicted molar refractivity (Wildman–Crippen MR) is 106 cm³/mol. The zero-order valence-corrected chi connectivity index (χ0v) is 16.8. The average Bonchev–Trinajstić information content (AvgIpc) is 3.04. The van der Waals surface area contributed by atoms with E-state index in [9.17, 15) is 4.79 Å². The van der Waals surface area contributed by atoms with E-state index in [0.717, 1.165) is 5.56 Å². The van der Waals surface area contributed by atoms with Gasteiger partial charge in [-0.3, -0.25) is 4.79 Å². The SMILES string of the molecule is COc1ccc(Br)c(C(=O)Nc2ccnn2Cc2ccc(Cl)cc2Cl)c1. The van der Waals surface area contributed by atoms with Crippen LogP contribution in [-0.2, 0) is 6.54 Å². The molecule has 0 saturated carbocycles. The highest BCUT2D eigenvalue weighted by Crippen LogP contribution is 2.25. The third-order valence-corrected chi connectivity index (χ3v) is 4.99. The van der Waals surface area contributed by atoms with Crippen molar-refractivity contribution in [1.29, 1.82) is 0 Å². The highest BCUT2D eigenvalue weighted by molar-refractivity contribution is 9.10. The number of ether oxygens (including phenoxy) is 1. The number of amides is 1. The number of carbonyl (C=O) groups excluding carboxylic acids is 1. The van der Waals surface area contributed by atoms with E-state index in [4.69, 9.17) is 27.9 Å². The van der Waals surface area contributed by atoms with E-state index in [2.05, 4.69) is 26.3 Å². The summed E-state index contributed by atoms with van der Waals surface area (Å²) in [6, 6.07) is 12.2. The largest absolute Gasteiger partial charge is 0.497 e. The van der Waals surface area contributed by atoms with Gasteiger partial charge in [0.1, 0.15) is 11.6 Å². The lowest BCUT2D eigenvalue weighted by molar-refractivity contribution is 0.102. The number of nitrogens with one attached hydrogen (secondary N) is 1. The quantitative estimate of drug-likeness (QED) is 0.571. The minimum absolute atomic E-state index is 0.278. The van der Waals surface area contributed by atoms with Gasteiger partial charge in [0.25, 0.3) is 5.91 Å². The van der Waals surface area contributed by atoms with Crippen LogP contribution in [0.2, 0.25) is 10.0 Å². The van der Waals surface area contributed by atoms with Crippen LogP contribution < -0.4 is 10.1 Å². The number of methoxy groups -OCH3 is 1. The molecule has 0 aliphatic heterocycles. The number of carbonyl (C=O) groups is 1. The van der Waals surface area contributed by atoms with E-state index in [1.807, 2.05) is 6.07 Å². The molecule has 0 fully saturated rings. The number of aromatic nitrogens is 2. The van der Waals surface area contributed by atoms with Crippen molar-refractivity contribution in [2.24, 2.45) is 0 Å². The van der Waals surface area contributed by atoms with Gasteiger partial charge in [-0.15, -0.1) is 0 Å². The number of anilines is 1. The van der Waals surface area contributed by atoms with Crippen molar-refractivity contribution in [1.82, 2.24) is 9.78 Å². The summed E-state index contributed by atoms with van der Waals surface area (Å²) in [5, 5.41) is 8.22. The Kier molecular flexibility index (Phi) is 5.86. The van der Waals surface area contributed by atoms with Gasteiger partial charge in [0, 0.05) is 20.6 Å². The third kappa shape index (κ3) is 4.20. The molecule has 1 heterocycles. The summed E-state index contributed by atoms with van der Waals surface area (Å²) >= 11 is 15.5. The molecular weight excluding hydrogens is 441 g/mol. The molecule has 0 atom stereocenters. The fourth-order valence-electron chi connectivity index (χ4n) is 2.37. The lowest BCUT2D eigenvalue weighted by Gasteiger charge is -2.12. The molecule has 0 saturated heterocycles. The summed E-state index contributed by atoms with van der Waals surface area (Å²) in [7, 11) is 1.55. The molecule has 26 heavy (non-hydrogen) atoms. The second-order valence-corrected chi connectivity index (χ2v) is 7.11. The first kappa shape index (κ1) is 18.8. The normalized spacial score (nSPS) is 10.6. The first-order valence-electron chi connectivity index (χ1n) is 7.58. The molecule has 0 aliphatic carbocycles. The minimum atomic E-state index is -0.278. The number of hydrogen-bond acceptors (Lipinski definition) is 3. The van der Waals surface area contributed by atoms with Gasteiger partial charge in [-0.2, -0.15) is 5.10 Å². The second-order valence-electron chi connectivity index (χ2n) is 5.41. The van der Waals surface area contributed by atoms with Crippen LogP contribution in [0, 0.1) is 0 Å². The topological polar surface area (TPSA) is 56.1 Å². The lowest BCUT2D eigenvalue weighted by atomic mass is 10.2. The summed E-state index contributed by atoms with van der Waals surface area (Å²) in [6.07, 6.45) is 1.61. The van der Waals surface area contributed by atoms with Gasteiger partial charge in [-0.25, -0.2) is 4.68 Å². The first-order chi connectivity index (χ1) is 12.5. The molecule has 0 bridgehead atoms. The minimum Gasteiger partial charge on any atom is -0.497 e. The highest BCUT2D eigenvalue weighted by Gasteiger charge is 2.14. The molecule has 8 heteroatoms. The number of nitrogens with zero attached hydrogens (tertiary/aromatic N) is 2. The Morgan fingerprint density at radius 3 is 2.77 bits per heavy atom.